The molecule has 1 aromatic heterocycles. The van der Waals surface area contributed by atoms with E-state index in [1.807, 2.05) is 30.3 Å². The fourth-order valence-corrected chi connectivity index (χ4v) is 3.38. The Hall–Kier alpha value is -2.48. The van der Waals surface area contributed by atoms with Gasteiger partial charge in [0.25, 0.3) is 0 Å². The minimum atomic E-state index is -0.866. The van der Waals surface area contributed by atoms with Gasteiger partial charge in [0.1, 0.15) is 10.0 Å². The smallest absolute Gasteiger partial charge is 0.317 e. The van der Waals surface area contributed by atoms with Gasteiger partial charge in [-0.05, 0) is 13.3 Å². The second kappa shape index (κ2) is 6.56. The van der Waals surface area contributed by atoms with E-state index in [2.05, 4.69) is 15.5 Å². The van der Waals surface area contributed by atoms with Gasteiger partial charge in [0.05, 0.1) is 12.0 Å². The molecule has 0 aliphatic carbocycles. The van der Waals surface area contributed by atoms with Gasteiger partial charge in [0, 0.05) is 18.7 Å². The van der Waals surface area contributed by atoms with Gasteiger partial charge in [0.15, 0.2) is 0 Å². The summed E-state index contributed by atoms with van der Waals surface area (Å²) in [5.74, 6) is -0.866. The van der Waals surface area contributed by atoms with Crippen LogP contribution in [-0.2, 0) is 11.3 Å². The van der Waals surface area contributed by atoms with Crippen LogP contribution in [0.4, 0.5) is 4.79 Å². The summed E-state index contributed by atoms with van der Waals surface area (Å²) < 4.78 is 0. The zero-order valence-corrected chi connectivity index (χ0v) is 14.0. The van der Waals surface area contributed by atoms with Crippen LogP contribution in [0.1, 0.15) is 18.4 Å². The molecular weight excluding hydrogens is 328 g/mol. The highest BCUT2D eigenvalue weighted by Crippen LogP contribution is 2.30. The standard InChI is InChI=1S/C16H18N4O3S/c1-16(14(21)22)7-8-20(10-16)15(23)17-9-12-18-19-13(24-12)11-5-3-2-4-6-11/h2-6H,7-10H2,1H3,(H,17,23)(H,21,22). The lowest BCUT2D eigenvalue weighted by Gasteiger charge is -2.20. The molecule has 24 heavy (non-hydrogen) atoms. The minimum Gasteiger partial charge on any atom is -0.481 e. The third kappa shape index (κ3) is 3.38. The van der Waals surface area contributed by atoms with Crippen molar-refractivity contribution in [3.63, 3.8) is 0 Å². The van der Waals surface area contributed by atoms with Crippen molar-refractivity contribution in [1.82, 2.24) is 20.4 Å². The number of nitrogens with one attached hydrogen (secondary N) is 1. The molecule has 8 heteroatoms. The Morgan fingerprint density at radius 3 is 2.75 bits per heavy atom. The van der Waals surface area contributed by atoms with E-state index in [4.69, 9.17) is 0 Å². The molecule has 0 radical (unpaired) electrons. The Morgan fingerprint density at radius 2 is 2.08 bits per heavy atom. The van der Waals surface area contributed by atoms with E-state index >= 15 is 0 Å². The number of carboxylic acids is 1. The van der Waals surface area contributed by atoms with Crippen LogP contribution in [0.5, 0.6) is 0 Å². The fourth-order valence-electron chi connectivity index (χ4n) is 2.59. The van der Waals surface area contributed by atoms with Crippen LogP contribution in [0.25, 0.3) is 10.6 Å². The van der Waals surface area contributed by atoms with Crippen molar-refractivity contribution in [2.24, 2.45) is 5.41 Å². The van der Waals surface area contributed by atoms with Crippen molar-refractivity contribution in [2.45, 2.75) is 19.9 Å². The number of aromatic nitrogens is 2. The monoisotopic (exact) mass is 346 g/mol. The molecule has 126 valence electrons. The first kappa shape index (κ1) is 16.4. The summed E-state index contributed by atoms with van der Waals surface area (Å²) in [4.78, 5) is 25.0. The lowest BCUT2D eigenvalue weighted by atomic mass is 9.90. The first-order valence-corrected chi connectivity index (χ1v) is 8.43. The normalized spacial score (nSPS) is 20.1. The van der Waals surface area contributed by atoms with Gasteiger partial charge in [0.2, 0.25) is 0 Å². The van der Waals surface area contributed by atoms with E-state index < -0.39 is 11.4 Å². The largest absolute Gasteiger partial charge is 0.481 e. The van der Waals surface area contributed by atoms with Gasteiger partial charge in [-0.15, -0.1) is 10.2 Å². The molecule has 1 aliphatic rings. The zero-order valence-electron chi connectivity index (χ0n) is 13.2. The molecule has 2 heterocycles. The van der Waals surface area contributed by atoms with Gasteiger partial charge in [-0.3, -0.25) is 4.79 Å². The molecule has 0 saturated carbocycles. The summed E-state index contributed by atoms with van der Waals surface area (Å²) in [5.41, 5.74) is 0.130. The van der Waals surface area contributed by atoms with Crippen molar-refractivity contribution in [1.29, 1.82) is 0 Å². The van der Waals surface area contributed by atoms with Crippen LogP contribution in [0.15, 0.2) is 30.3 Å². The highest BCUT2D eigenvalue weighted by atomic mass is 32.1. The van der Waals surface area contributed by atoms with Crippen molar-refractivity contribution in [3.8, 4) is 10.6 Å². The molecule has 2 N–H and O–H groups in total. The molecule has 1 aliphatic heterocycles. The van der Waals surface area contributed by atoms with E-state index in [0.29, 0.717) is 18.0 Å². The Kier molecular flexibility index (Phi) is 4.48. The number of hydrogen-bond donors (Lipinski definition) is 2. The fraction of sp³-hybridized carbons (Fsp3) is 0.375. The number of carbonyl (C=O) groups excluding carboxylic acids is 1. The van der Waals surface area contributed by atoms with Gasteiger partial charge >= 0.3 is 12.0 Å². The summed E-state index contributed by atoms with van der Waals surface area (Å²) in [5, 5.41) is 21.7. The second-order valence-corrected chi connectivity index (χ2v) is 7.13. The molecule has 1 unspecified atom stereocenters. The number of aliphatic carboxylic acids is 1. The van der Waals surface area contributed by atoms with E-state index in [1.165, 1.54) is 16.2 Å². The van der Waals surface area contributed by atoms with Gasteiger partial charge in [-0.2, -0.15) is 0 Å². The number of benzene rings is 1. The van der Waals surface area contributed by atoms with Crippen LogP contribution in [0.3, 0.4) is 0 Å². The SMILES string of the molecule is CC1(C(=O)O)CCN(C(=O)NCc2nnc(-c3ccccc3)s2)C1. The van der Waals surface area contributed by atoms with Gasteiger partial charge in [-0.25, -0.2) is 4.79 Å². The molecular formula is C16H18N4O3S. The second-order valence-electron chi connectivity index (χ2n) is 6.06. The lowest BCUT2D eigenvalue weighted by molar-refractivity contribution is -0.147. The summed E-state index contributed by atoms with van der Waals surface area (Å²) >= 11 is 1.43. The van der Waals surface area contributed by atoms with Crippen molar-refractivity contribution < 1.29 is 14.7 Å². The van der Waals surface area contributed by atoms with Crippen LogP contribution >= 0.6 is 11.3 Å². The van der Waals surface area contributed by atoms with Crippen molar-refractivity contribution >= 4 is 23.3 Å². The van der Waals surface area contributed by atoms with E-state index in [1.54, 1.807) is 6.92 Å². The van der Waals surface area contributed by atoms with Crippen molar-refractivity contribution in [3.05, 3.63) is 35.3 Å². The van der Waals surface area contributed by atoms with Crippen LogP contribution < -0.4 is 5.32 Å². The third-order valence-corrected chi connectivity index (χ3v) is 5.13. The summed E-state index contributed by atoms with van der Waals surface area (Å²) in [6.45, 7) is 2.61. The average Bonchev–Trinajstić information content (AvgIpc) is 3.21. The molecule has 7 nitrogen and oxygen atoms in total. The highest BCUT2D eigenvalue weighted by Gasteiger charge is 2.42. The molecule has 0 spiro atoms. The van der Waals surface area contributed by atoms with Crippen LogP contribution in [-0.4, -0.2) is 45.3 Å². The molecule has 2 amide bonds. The number of hydrogen-bond acceptors (Lipinski definition) is 5. The summed E-state index contributed by atoms with van der Waals surface area (Å²) in [6, 6.07) is 9.46. The third-order valence-electron chi connectivity index (χ3n) is 4.16. The first-order valence-electron chi connectivity index (χ1n) is 7.62. The van der Waals surface area contributed by atoms with Gasteiger partial charge in [-0.1, -0.05) is 41.7 Å². The number of nitrogens with zero attached hydrogens (tertiary/aromatic N) is 3. The number of amides is 2. The maximum atomic E-state index is 12.2. The summed E-state index contributed by atoms with van der Waals surface area (Å²) in [7, 11) is 0. The zero-order chi connectivity index (χ0) is 17.2. The van der Waals surface area contributed by atoms with Crippen LogP contribution in [0, 0.1) is 5.41 Å². The predicted octanol–water partition coefficient (Wildman–Crippen LogP) is 2.21. The van der Waals surface area contributed by atoms with E-state index in [-0.39, 0.29) is 19.1 Å². The van der Waals surface area contributed by atoms with Crippen LogP contribution in [0.2, 0.25) is 0 Å². The number of urea groups is 1. The summed E-state index contributed by atoms with van der Waals surface area (Å²) in [6.07, 6.45) is 0.465. The molecule has 1 saturated heterocycles. The molecule has 2 aromatic rings. The van der Waals surface area contributed by atoms with E-state index in [0.717, 1.165) is 10.6 Å². The Bertz CT molecular complexity index is 749. The number of likely N-dealkylation sites (tertiary alicyclic amines) is 1. The molecule has 1 aromatic carbocycles. The average molecular weight is 346 g/mol. The molecule has 1 atom stereocenters. The number of carbonyl (C=O) groups is 2. The lowest BCUT2D eigenvalue weighted by Crippen LogP contribution is -2.40. The maximum absolute atomic E-state index is 12.2. The quantitative estimate of drug-likeness (QED) is 0.885. The molecule has 0 bridgehead atoms. The Labute approximate surface area is 143 Å². The topological polar surface area (TPSA) is 95.4 Å². The minimum absolute atomic E-state index is 0.222. The number of carboxylic acid groups (broad SMARTS) is 1. The number of rotatable bonds is 4. The Morgan fingerprint density at radius 1 is 1.33 bits per heavy atom. The maximum Gasteiger partial charge on any atom is 0.317 e. The van der Waals surface area contributed by atoms with Crippen molar-refractivity contribution in [2.75, 3.05) is 13.1 Å². The molecule has 1 fully saturated rings. The Balaban J connectivity index is 1.56. The first-order chi connectivity index (χ1) is 11.5. The molecule has 3 rings (SSSR count). The highest BCUT2D eigenvalue weighted by molar-refractivity contribution is 7.14. The van der Waals surface area contributed by atoms with E-state index in [9.17, 15) is 14.7 Å². The predicted molar refractivity (Wildman–Crippen MR) is 89.5 cm³/mol. The van der Waals surface area contributed by atoms with Gasteiger partial charge < -0.3 is 15.3 Å².